The van der Waals surface area contributed by atoms with Gasteiger partial charge >= 0.3 is 0 Å². The predicted octanol–water partition coefficient (Wildman–Crippen LogP) is 4.62. The van der Waals surface area contributed by atoms with Gasteiger partial charge in [0.25, 0.3) is 5.91 Å². The monoisotopic (exact) mass is 438 g/mol. The summed E-state index contributed by atoms with van der Waals surface area (Å²) in [5.74, 6) is 1.18. The van der Waals surface area contributed by atoms with Gasteiger partial charge < -0.3 is 20.2 Å². The number of aromatic nitrogens is 2. The molecule has 5 rings (SSSR count). The number of nitrogens with two attached hydrogens (primary N) is 1. The molecule has 0 aliphatic heterocycles. The van der Waals surface area contributed by atoms with E-state index in [2.05, 4.69) is 45.6 Å². The number of fused-ring (bicyclic) bond motifs is 2. The lowest BCUT2D eigenvalue weighted by Gasteiger charge is -2.12. The van der Waals surface area contributed by atoms with E-state index in [0.29, 0.717) is 29.5 Å². The van der Waals surface area contributed by atoms with E-state index in [1.807, 2.05) is 24.3 Å². The quantitative estimate of drug-likeness (QED) is 0.401. The van der Waals surface area contributed by atoms with Crippen molar-refractivity contribution in [3.05, 3.63) is 96.1 Å². The van der Waals surface area contributed by atoms with Crippen LogP contribution in [-0.2, 0) is 0 Å². The maximum Gasteiger partial charge on any atom is 0.269 e. The van der Waals surface area contributed by atoms with Crippen LogP contribution in [0.15, 0.2) is 83.4 Å². The third-order valence-corrected chi connectivity index (χ3v) is 5.51. The van der Waals surface area contributed by atoms with Gasteiger partial charge in [-0.25, -0.2) is 4.98 Å². The van der Waals surface area contributed by atoms with Crippen LogP contribution in [0.25, 0.3) is 21.9 Å². The summed E-state index contributed by atoms with van der Waals surface area (Å²) < 4.78 is 12.0. The third-order valence-electron chi connectivity index (χ3n) is 5.51. The molecule has 1 unspecified atom stereocenters. The number of amides is 1. The van der Waals surface area contributed by atoms with Crippen LogP contribution in [-0.4, -0.2) is 29.5 Å². The van der Waals surface area contributed by atoms with Crippen molar-refractivity contribution in [1.29, 1.82) is 0 Å². The molecule has 0 aliphatic carbocycles. The van der Waals surface area contributed by atoms with Crippen LogP contribution >= 0.6 is 0 Å². The van der Waals surface area contributed by atoms with Gasteiger partial charge in [0.1, 0.15) is 22.7 Å². The van der Waals surface area contributed by atoms with Crippen LogP contribution in [0.2, 0.25) is 0 Å². The number of nitrogens with zero attached hydrogens (tertiary/aromatic N) is 2. The molecule has 0 radical (unpaired) electrons. The van der Waals surface area contributed by atoms with Crippen molar-refractivity contribution < 1.29 is 13.9 Å². The van der Waals surface area contributed by atoms with E-state index >= 15 is 0 Å². The molecule has 0 spiro atoms. The standard InChI is InChI=1S/C26H22N4O3/c1-28-25(31)23-13-20(10-11-29-23)32-19-8-9-22-24(14-19)33-26(30-22)21(15-27)18-7-6-16-4-2-3-5-17(16)12-18/h2-14,21H,15,27H2,1H3,(H,28,31). The summed E-state index contributed by atoms with van der Waals surface area (Å²) in [4.78, 5) is 20.5. The molecule has 0 saturated carbocycles. The number of benzene rings is 3. The van der Waals surface area contributed by atoms with E-state index in [1.54, 1.807) is 25.2 Å². The molecule has 2 aromatic heterocycles. The Bertz CT molecular complexity index is 1460. The smallest absolute Gasteiger partial charge is 0.269 e. The number of hydrogen-bond acceptors (Lipinski definition) is 6. The Morgan fingerprint density at radius 2 is 1.85 bits per heavy atom. The number of pyridine rings is 1. The zero-order valence-electron chi connectivity index (χ0n) is 18.0. The van der Waals surface area contributed by atoms with Gasteiger partial charge in [0.15, 0.2) is 5.58 Å². The van der Waals surface area contributed by atoms with Crippen LogP contribution in [0.5, 0.6) is 11.5 Å². The van der Waals surface area contributed by atoms with Crippen molar-refractivity contribution in [1.82, 2.24) is 15.3 Å². The van der Waals surface area contributed by atoms with Crippen LogP contribution in [0.4, 0.5) is 0 Å². The highest BCUT2D eigenvalue weighted by atomic mass is 16.5. The van der Waals surface area contributed by atoms with E-state index in [0.717, 1.165) is 16.5 Å². The minimum Gasteiger partial charge on any atom is -0.457 e. The van der Waals surface area contributed by atoms with Crippen molar-refractivity contribution in [3.8, 4) is 11.5 Å². The van der Waals surface area contributed by atoms with Crippen molar-refractivity contribution in [2.24, 2.45) is 5.73 Å². The fourth-order valence-electron chi connectivity index (χ4n) is 3.80. The molecule has 2 heterocycles. The number of ether oxygens (including phenoxy) is 1. The molecular formula is C26H22N4O3. The molecule has 7 heteroatoms. The molecule has 3 aromatic carbocycles. The van der Waals surface area contributed by atoms with Crippen LogP contribution in [0.3, 0.4) is 0 Å². The summed E-state index contributed by atoms with van der Waals surface area (Å²) in [5, 5.41) is 4.87. The zero-order valence-corrected chi connectivity index (χ0v) is 18.0. The first kappa shape index (κ1) is 20.7. The zero-order chi connectivity index (χ0) is 22.8. The van der Waals surface area contributed by atoms with Gasteiger partial charge in [0.2, 0.25) is 5.89 Å². The molecule has 164 valence electrons. The van der Waals surface area contributed by atoms with Gasteiger partial charge in [0, 0.05) is 31.9 Å². The van der Waals surface area contributed by atoms with E-state index in [1.165, 1.54) is 11.6 Å². The van der Waals surface area contributed by atoms with Gasteiger partial charge in [-0.05, 0) is 34.5 Å². The van der Waals surface area contributed by atoms with Crippen LogP contribution in [0, 0.1) is 0 Å². The van der Waals surface area contributed by atoms with Gasteiger partial charge in [-0.1, -0.05) is 42.5 Å². The number of oxazole rings is 1. The number of nitrogens with one attached hydrogen (secondary N) is 1. The van der Waals surface area contributed by atoms with Crippen molar-refractivity contribution in [2.75, 3.05) is 13.6 Å². The van der Waals surface area contributed by atoms with Crippen LogP contribution in [0.1, 0.15) is 27.9 Å². The minimum atomic E-state index is -0.280. The van der Waals surface area contributed by atoms with E-state index in [9.17, 15) is 4.79 Å². The molecular weight excluding hydrogens is 416 g/mol. The predicted molar refractivity (Wildman–Crippen MR) is 127 cm³/mol. The molecule has 33 heavy (non-hydrogen) atoms. The summed E-state index contributed by atoms with van der Waals surface area (Å²) in [6.45, 7) is 0.369. The Kier molecular flexibility index (Phi) is 5.46. The summed E-state index contributed by atoms with van der Waals surface area (Å²) >= 11 is 0. The van der Waals surface area contributed by atoms with Gasteiger partial charge in [-0.3, -0.25) is 9.78 Å². The lowest BCUT2D eigenvalue weighted by atomic mass is 9.96. The molecule has 1 amide bonds. The van der Waals surface area contributed by atoms with E-state index < -0.39 is 0 Å². The Morgan fingerprint density at radius 1 is 1.03 bits per heavy atom. The number of carbonyl (C=O) groups is 1. The van der Waals surface area contributed by atoms with Gasteiger partial charge in [-0.15, -0.1) is 0 Å². The second-order valence-corrected chi connectivity index (χ2v) is 7.63. The first-order chi connectivity index (χ1) is 16.1. The first-order valence-corrected chi connectivity index (χ1v) is 10.6. The average molecular weight is 438 g/mol. The Hall–Kier alpha value is -4.23. The lowest BCUT2D eigenvalue weighted by Crippen LogP contribution is -2.18. The second-order valence-electron chi connectivity index (χ2n) is 7.63. The normalized spacial score (nSPS) is 12.1. The number of hydrogen-bond donors (Lipinski definition) is 2. The van der Waals surface area contributed by atoms with Crippen molar-refractivity contribution in [2.45, 2.75) is 5.92 Å². The SMILES string of the molecule is CNC(=O)c1cc(Oc2ccc3nc(C(CN)c4ccc5ccccc5c4)oc3c2)ccn1. The molecule has 7 nitrogen and oxygen atoms in total. The molecule has 0 bridgehead atoms. The topological polar surface area (TPSA) is 103 Å². The Balaban J connectivity index is 1.44. The first-order valence-electron chi connectivity index (χ1n) is 10.6. The maximum atomic E-state index is 11.8. The molecule has 5 aromatic rings. The van der Waals surface area contributed by atoms with Gasteiger partial charge in [-0.2, -0.15) is 0 Å². The summed E-state index contributed by atoms with van der Waals surface area (Å²) in [6, 6.07) is 23.2. The molecule has 3 N–H and O–H groups in total. The Labute approximate surface area is 190 Å². The third kappa shape index (κ3) is 4.14. The molecule has 0 aliphatic rings. The second kappa shape index (κ2) is 8.72. The minimum absolute atomic E-state index is 0.165. The van der Waals surface area contributed by atoms with Crippen molar-refractivity contribution in [3.63, 3.8) is 0 Å². The summed E-state index contributed by atoms with van der Waals surface area (Å²) in [5.41, 5.74) is 8.77. The fraction of sp³-hybridized carbons (Fsp3) is 0.115. The number of rotatable bonds is 6. The van der Waals surface area contributed by atoms with E-state index in [4.69, 9.17) is 14.9 Å². The number of carbonyl (C=O) groups excluding carboxylic acids is 1. The van der Waals surface area contributed by atoms with E-state index in [-0.39, 0.29) is 17.5 Å². The molecule has 1 atom stereocenters. The van der Waals surface area contributed by atoms with Gasteiger partial charge in [0.05, 0.1) is 5.92 Å². The highest BCUT2D eigenvalue weighted by Gasteiger charge is 2.20. The summed E-state index contributed by atoms with van der Waals surface area (Å²) in [6.07, 6.45) is 1.53. The molecule has 0 fully saturated rings. The highest BCUT2D eigenvalue weighted by Crippen LogP contribution is 2.31. The largest absolute Gasteiger partial charge is 0.457 e. The molecule has 0 saturated heterocycles. The highest BCUT2D eigenvalue weighted by molar-refractivity contribution is 5.92. The van der Waals surface area contributed by atoms with Crippen molar-refractivity contribution >= 4 is 27.8 Å². The fourth-order valence-corrected chi connectivity index (χ4v) is 3.80. The van der Waals surface area contributed by atoms with Crippen LogP contribution < -0.4 is 15.8 Å². The lowest BCUT2D eigenvalue weighted by molar-refractivity contribution is 0.0958. The average Bonchev–Trinajstić information content (AvgIpc) is 3.27. The summed E-state index contributed by atoms with van der Waals surface area (Å²) in [7, 11) is 1.56. The maximum absolute atomic E-state index is 11.8. The Morgan fingerprint density at radius 3 is 2.67 bits per heavy atom.